The Balaban J connectivity index is 2.26. The zero-order valence-corrected chi connectivity index (χ0v) is 9.45. The Labute approximate surface area is 98.7 Å². The molecule has 2 aromatic rings. The Bertz CT molecular complexity index is 491. The lowest BCUT2D eigenvalue weighted by Crippen LogP contribution is -2.10. The largest absolute Gasteiger partial charge is 0.481 e. The van der Waals surface area contributed by atoms with E-state index in [0.717, 1.165) is 11.3 Å². The van der Waals surface area contributed by atoms with Gasteiger partial charge in [0.15, 0.2) is 0 Å². The molecule has 0 aliphatic carbocycles. The maximum Gasteiger partial charge on any atom is 0.310 e. The molecule has 0 fully saturated rings. The van der Waals surface area contributed by atoms with Gasteiger partial charge in [-0.15, -0.1) is 0 Å². The second kappa shape index (κ2) is 4.78. The van der Waals surface area contributed by atoms with Crippen LogP contribution in [-0.2, 0) is 4.79 Å². The standard InChI is InChI=1S/C12H13N3O2/c1-2-11(12(16)17)9-3-5-10(6-4-9)15-8-13-7-14-15/h3-8,11H,2H2,1H3,(H,16,17). The minimum absolute atomic E-state index is 0.445. The lowest BCUT2D eigenvalue weighted by atomic mass is 9.96. The summed E-state index contributed by atoms with van der Waals surface area (Å²) in [6.45, 7) is 1.87. The van der Waals surface area contributed by atoms with Crippen LogP contribution < -0.4 is 0 Å². The molecule has 2 rings (SSSR count). The topological polar surface area (TPSA) is 68.0 Å². The molecule has 0 aliphatic heterocycles. The third-order valence-electron chi connectivity index (χ3n) is 2.69. The van der Waals surface area contributed by atoms with Crippen LogP contribution in [0.2, 0.25) is 0 Å². The monoisotopic (exact) mass is 231 g/mol. The SMILES string of the molecule is CCC(C(=O)O)c1ccc(-n2cncn2)cc1. The molecule has 5 heteroatoms. The van der Waals surface area contributed by atoms with Crippen LogP contribution in [0.3, 0.4) is 0 Å². The Morgan fingerprint density at radius 1 is 1.41 bits per heavy atom. The third-order valence-corrected chi connectivity index (χ3v) is 2.69. The molecular weight excluding hydrogens is 218 g/mol. The van der Waals surface area contributed by atoms with Gasteiger partial charge >= 0.3 is 5.97 Å². The number of aliphatic carboxylic acids is 1. The van der Waals surface area contributed by atoms with Crippen LogP contribution in [0.1, 0.15) is 24.8 Å². The quantitative estimate of drug-likeness (QED) is 0.871. The van der Waals surface area contributed by atoms with Crippen molar-refractivity contribution in [1.82, 2.24) is 14.8 Å². The van der Waals surface area contributed by atoms with E-state index in [1.807, 2.05) is 31.2 Å². The van der Waals surface area contributed by atoms with Gasteiger partial charge in [-0.25, -0.2) is 9.67 Å². The summed E-state index contributed by atoms with van der Waals surface area (Å²) in [4.78, 5) is 14.9. The summed E-state index contributed by atoms with van der Waals surface area (Å²) in [7, 11) is 0. The van der Waals surface area contributed by atoms with Crippen molar-refractivity contribution in [1.29, 1.82) is 0 Å². The van der Waals surface area contributed by atoms with Gasteiger partial charge < -0.3 is 5.11 Å². The minimum Gasteiger partial charge on any atom is -0.481 e. The summed E-state index contributed by atoms with van der Waals surface area (Å²) < 4.78 is 1.63. The molecule has 0 saturated carbocycles. The molecule has 0 bridgehead atoms. The van der Waals surface area contributed by atoms with E-state index < -0.39 is 11.9 Å². The summed E-state index contributed by atoms with van der Waals surface area (Å²) >= 11 is 0. The fourth-order valence-electron chi connectivity index (χ4n) is 1.75. The molecule has 1 atom stereocenters. The lowest BCUT2D eigenvalue weighted by Gasteiger charge is -2.10. The summed E-state index contributed by atoms with van der Waals surface area (Å²) in [5, 5.41) is 13.1. The number of hydrogen-bond acceptors (Lipinski definition) is 3. The highest BCUT2D eigenvalue weighted by Gasteiger charge is 2.17. The van der Waals surface area contributed by atoms with Gasteiger partial charge in [0.1, 0.15) is 12.7 Å². The highest BCUT2D eigenvalue weighted by atomic mass is 16.4. The predicted molar refractivity (Wildman–Crippen MR) is 62.0 cm³/mol. The molecule has 5 nitrogen and oxygen atoms in total. The Morgan fingerprint density at radius 3 is 2.59 bits per heavy atom. The summed E-state index contributed by atoms with van der Waals surface area (Å²) in [6, 6.07) is 7.32. The van der Waals surface area contributed by atoms with E-state index >= 15 is 0 Å². The van der Waals surface area contributed by atoms with Gasteiger partial charge in [0, 0.05) is 0 Å². The molecule has 1 aromatic carbocycles. The molecule has 0 saturated heterocycles. The summed E-state index contributed by atoms with van der Waals surface area (Å²) in [5.41, 5.74) is 1.68. The van der Waals surface area contributed by atoms with Crippen molar-refractivity contribution < 1.29 is 9.90 Å². The van der Waals surface area contributed by atoms with Crippen LogP contribution in [0.5, 0.6) is 0 Å². The third kappa shape index (κ3) is 2.33. The summed E-state index contributed by atoms with van der Waals surface area (Å²) in [5.74, 6) is -1.24. The molecule has 1 unspecified atom stereocenters. The molecule has 0 spiro atoms. The van der Waals surface area contributed by atoms with E-state index in [2.05, 4.69) is 10.1 Å². The van der Waals surface area contributed by atoms with E-state index in [4.69, 9.17) is 5.11 Å². The number of benzene rings is 1. The van der Waals surface area contributed by atoms with Crippen molar-refractivity contribution >= 4 is 5.97 Å². The van der Waals surface area contributed by atoms with Gasteiger partial charge in [0.2, 0.25) is 0 Å². The first-order chi connectivity index (χ1) is 8.22. The number of nitrogens with zero attached hydrogens (tertiary/aromatic N) is 3. The van der Waals surface area contributed by atoms with Gasteiger partial charge in [-0.3, -0.25) is 4.79 Å². The normalized spacial score (nSPS) is 12.3. The van der Waals surface area contributed by atoms with Crippen LogP contribution >= 0.6 is 0 Å². The van der Waals surface area contributed by atoms with Crippen molar-refractivity contribution in [3.05, 3.63) is 42.5 Å². The lowest BCUT2D eigenvalue weighted by molar-refractivity contribution is -0.138. The first-order valence-corrected chi connectivity index (χ1v) is 5.40. The number of carboxylic acid groups (broad SMARTS) is 1. The van der Waals surface area contributed by atoms with Crippen molar-refractivity contribution in [2.45, 2.75) is 19.3 Å². The highest BCUT2D eigenvalue weighted by molar-refractivity contribution is 5.76. The Morgan fingerprint density at radius 2 is 2.12 bits per heavy atom. The first-order valence-electron chi connectivity index (χ1n) is 5.40. The van der Waals surface area contributed by atoms with Crippen LogP contribution in [0.15, 0.2) is 36.9 Å². The summed E-state index contributed by atoms with van der Waals surface area (Å²) in [6.07, 6.45) is 3.64. The second-order valence-electron chi connectivity index (χ2n) is 3.73. The molecule has 1 N–H and O–H groups in total. The van der Waals surface area contributed by atoms with Gasteiger partial charge in [0.25, 0.3) is 0 Å². The van der Waals surface area contributed by atoms with Gasteiger partial charge in [0.05, 0.1) is 11.6 Å². The van der Waals surface area contributed by atoms with E-state index in [1.165, 1.54) is 6.33 Å². The van der Waals surface area contributed by atoms with E-state index in [9.17, 15) is 4.79 Å². The average Bonchev–Trinajstić information content (AvgIpc) is 2.84. The highest BCUT2D eigenvalue weighted by Crippen LogP contribution is 2.20. The van der Waals surface area contributed by atoms with Crippen molar-refractivity contribution in [3.8, 4) is 5.69 Å². The number of rotatable bonds is 4. The van der Waals surface area contributed by atoms with Crippen LogP contribution in [0.4, 0.5) is 0 Å². The molecular formula is C12H13N3O2. The zero-order valence-electron chi connectivity index (χ0n) is 9.45. The second-order valence-corrected chi connectivity index (χ2v) is 3.73. The molecule has 0 radical (unpaired) electrons. The fourth-order valence-corrected chi connectivity index (χ4v) is 1.75. The molecule has 1 heterocycles. The predicted octanol–water partition coefficient (Wildman–Crippen LogP) is 1.85. The van der Waals surface area contributed by atoms with Gasteiger partial charge in [-0.1, -0.05) is 19.1 Å². The Kier molecular flexibility index (Phi) is 3.18. The fraction of sp³-hybridized carbons (Fsp3) is 0.250. The van der Waals surface area contributed by atoms with Crippen LogP contribution in [-0.4, -0.2) is 25.8 Å². The number of carbonyl (C=O) groups is 1. The van der Waals surface area contributed by atoms with Gasteiger partial charge in [-0.05, 0) is 24.1 Å². The van der Waals surface area contributed by atoms with E-state index in [-0.39, 0.29) is 0 Å². The van der Waals surface area contributed by atoms with Crippen LogP contribution in [0.25, 0.3) is 5.69 Å². The van der Waals surface area contributed by atoms with Crippen LogP contribution in [0, 0.1) is 0 Å². The molecule has 0 aliphatic rings. The number of carboxylic acids is 1. The number of aromatic nitrogens is 3. The van der Waals surface area contributed by atoms with E-state index in [1.54, 1.807) is 11.0 Å². The molecule has 88 valence electrons. The van der Waals surface area contributed by atoms with Gasteiger partial charge in [-0.2, -0.15) is 5.10 Å². The maximum absolute atomic E-state index is 11.0. The molecule has 17 heavy (non-hydrogen) atoms. The van der Waals surface area contributed by atoms with Crippen molar-refractivity contribution in [2.75, 3.05) is 0 Å². The average molecular weight is 231 g/mol. The zero-order chi connectivity index (χ0) is 12.3. The molecule has 0 amide bonds. The van der Waals surface area contributed by atoms with E-state index in [0.29, 0.717) is 6.42 Å². The Hall–Kier alpha value is -2.17. The van der Waals surface area contributed by atoms with Crippen molar-refractivity contribution in [3.63, 3.8) is 0 Å². The van der Waals surface area contributed by atoms with Crippen molar-refractivity contribution in [2.24, 2.45) is 0 Å². The smallest absolute Gasteiger partial charge is 0.310 e. The number of hydrogen-bond donors (Lipinski definition) is 1. The maximum atomic E-state index is 11.0. The first kappa shape index (κ1) is 11.3. The minimum atomic E-state index is -0.791. The molecule has 1 aromatic heterocycles.